The van der Waals surface area contributed by atoms with Crippen molar-refractivity contribution in [2.45, 2.75) is 6.54 Å². The molecule has 0 unspecified atom stereocenters. The van der Waals surface area contributed by atoms with Crippen molar-refractivity contribution in [2.24, 2.45) is 4.99 Å². The lowest BCUT2D eigenvalue weighted by atomic mass is 10.2. The molecule has 0 aliphatic heterocycles. The van der Waals surface area contributed by atoms with E-state index in [0.717, 1.165) is 17.9 Å². The normalized spacial score (nSPS) is 11.0. The largest absolute Gasteiger partial charge is 0.356 e. The first-order chi connectivity index (χ1) is 10.7. The Kier molecular flexibility index (Phi) is 9.34. The Morgan fingerprint density at radius 2 is 2.22 bits per heavy atom. The van der Waals surface area contributed by atoms with Gasteiger partial charge in [-0.15, -0.1) is 24.0 Å². The van der Waals surface area contributed by atoms with E-state index in [1.807, 2.05) is 12.1 Å². The summed E-state index contributed by atoms with van der Waals surface area (Å²) in [5.74, 6) is 2.73. The Balaban J connectivity index is 0.00000264. The van der Waals surface area contributed by atoms with Gasteiger partial charge in [-0.05, 0) is 18.4 Å². The van der Waals surface area contributed by atoms with Crippen molar-refractivity contribution in [2.75, 3.05) is 25.6 Å². The van der Waals surface area contributed by atoms with Crippen LogP contribution < -0.4 is 10.6 Å². The lowest BCUT2D eigenvalue weighted by Gasteiger charge is -2.09. The summed E-state index contributed by atoms with van der Waals surface area (Å²) in [5, 5.41) is 10.9. The van der Waals surface area contributed by atoms with E-state index in [1.54, 1.807) is 30.9 Å². The van der Waals surface area contributed by atoms with Crippen LogP contribution in [-0.4, -0.2) is 41.7 Å². The number of halogens is 2. The maximum Gasteiger partial charge on any atom is 0.246 e. The third-order valence-electron chi connectivity index (χ3n) is 2.78. The highest BCUT2D eigenvalue weighted by atomic mass is 127. The van der Waals surface area contributed by atoms with Gasteiger partial charge >= 0.3 is 0 Å². The highest BCUT2D eigenvalue weighted by molar-refractivity contribution is 14.0. The molecule has 0 aliphatic carbocycles. The Labute approximate surface area is 161 Å². The Bertz CT molecular complexity index is 637. The van der Waals surface area contributed by atoms with Crippen molar-refractivity contribution in [3.05, 3.63) is 35.2 Å². The molecule has 0 saturated carbocycles. The third-order valence-corrected chi connectivity index (χ3v) is 3.63. The number of benzene rings is 1. The van der Waals surface area contributed by atoms with Gasteiger partial charge in [-0.3, -0.25) is 4.99 Å². The molecule has 0 radical (unpaired) electrons. The molecule has 2 rings (SSSR count). The van der Waals surface area contributed by atoms with Gasteiger partial charge in [0, 0.05) is 29.9 Å². The fourth-order valence-corrected chi connectivity index (χ4v) is 2.22. The topological polar surface area (TPSA) is 75.3 Å². The van der Waals surface area contributed by atoms with Crippen LogP contribution in [0.15, 0.2) is 33.8 Å². The Morgan fingerprint density at radius 3 is 2.91 bits per heavy atom. The van der Waals surface area contributed by atoms with E-state index in [9.17, 15) is 0 Å². The van der Waals surface area contributed by atoms with Crippen LogP contribution in [0.2, 0.25) is 5.02 Å². The van der Waals surface area contributed by atoms with Crippen LogP contribution in [0.25, 0.3) is 11.4 Å². The lowest BCUT2D eigenvalue weighted by Crippen LogP contribution is -2.38. The second kappa shape index (κ2) is 10.7. The van der Waals surface area contributed by atoms with Gasteiger partial charge in [0.2, 0.25) is 11.7 Å². The molecule has 23 heavy (non-hydrogen) atoms. The van der Waals surface area contributed by atoms with Crippen LogP contribution in [0.4, 0.5) is 0 Å². The van der Waals surface area contributed by atoms with Crippen molar-refractivity contribution in [3.8, 4) is 11.4 Å². The first kappa shape index (κ1) is 20.0. The average Bonchev–Trinajstić information content (AvgIpc) is 3.00. The molecule has 1 aromatic heterocycles. The second-order valence-corrected chi connectivity index (χ2v) is 5.79. The van der Waals surface area contributed by atoms with E-state index >= 15 is 0 Å². The summed E-state index contributed by atoms with van der Waals surface area (Å²) in [4.78, 5) is 8.47. The number of nitrogens with zero attached hydrogens (tertiary/aromatic N) is 3. The first-order valence-electron chi connectivity index (χ1n) is 6.75. The van der Waals surface area contributed by atoms with E-state index in [2.05, 4.69) is 32.0 Å². The van der Waals surface area contributed by atoms with E-state index in [4.69, 9.17) is 16.1 Å². The fraction of sp³-hybridized carbons (Fsp3) is 0.357. The summed E-state index contributed by atoms with van der Waals surface area (Å²) in [5.41, 5.74) is 0.824. The van der Waals surface area contributed by atoms with Gasteiger partial charge in [-0.2, -0.15) is 16.7 Å². The number of aromatic nitrogens is 2. The number of aliphatic imine (C=N–C) groups is 1. The summed E-state index contributed by atoms with van der Waals surface area (Å²) in [6.07, 6.45) is 2.06. The van der Waals surface area contributed by atoms with E-state index in [-0.39, 0.29) is 24.0 Å². The molecule has 0 atom stereocenters. The van der Waals surface area contributed by atoms with Crippen LogP contribution in [0.1, 0.15) is 5.89 Å². The molecular weight excluding hydrogens is 449 g/mol. The molecule has 2 aromatic rings. The number of hydrogen-bond donors (Lipinski definition) is 2. The van der Waals surface area contributed by atoms with Gasteiger partial charge in [0.05, 0.1) is 6.54 Å². The molecule has 1 heterocycles. The lowest BCUT2D eigenvalue weighted by molar-refractivity contribution is 0.375. The zero-order valence-electron chi connectivity index (χ0n) is 12.9. The summed E-state index contributed by atoms with van der Waals surface area (Å²) in [7, 11) is 1.72. The predicted molar refractivity (Wildman–Crippen MR) is 107 cm³/mol. The Hall–Kier alpha value is -1.000. The molecule has 0 amide bonds. The molecule has 9 heteroatoms. The molecule has 0 fully saturated rings. The first-order valence-corrected chi connectivity index (χ1v) is 8.52. The average molecular weight is 468 g/mol. The van der Waals surface area contributed by atoms with Gasteiger partial charge < -0.3 is 15.2 Å². The second-order valence-electron chi connectivity index (χ2n) is 4.37. The van der Waals surface area contributed by atoms with E-state index in [0.29, 0.717) is 29.2 Å². The van der Waals surface area contributed by atoms with Crippen LogP contribution in [0, 0.1) is 0 Å². The zero-order chi connectivity index (χ0) is 15.8. The minimum absolute atomic E-state index is 0. The standard InChI is InChI=1S/C14H18ClN5OS.HI/c1-16-14(17-6-7-22-2)18-9-12-19-13(20-21-12)10-4-3-5-11(15)8-10;/h3-5,8H,6-7,9H2,1-2H3,(H2,16,17,18);1H. The van der Waals surface area contributed by atoms with Crippen molar-refractivity contribution in [1.29, 1.82) is 0 Å². The number of hydrogen-bond acceptors (Lipinski definition) is 5. The Morgan fingerprint density at radius 1 is 1.39 bits per heavy atom. The van der Waals surface area contributed by atoms with Crippen molar-refractivity contribution >= 4 is 53.3 Å². The smallest absolute Gasteiger partial charge is 0.246 e. The molecule has 0 saturated heterocycles. The minimum Gasteiger partial charge on any atom is -0.356 e. The molecule has 0 aliphatic rings. The van der Waals surface area contributed by atoms with Gasteiger partial charge in [-0.25, -0.2) is 0 Å². The van der Waals surface area contributed by atoms with Crippen LogP contribution in [0.5, 0.6) is 0 Å². The van der Waals surface area contributed by atoms with Gasteiger partial charge in [0.1, 0.15) is 0 Å². The summed E-state index contributed by atoms with van der Waals surface area (Å²) < 4.78 is 5.23. The van der Waals surface area contributed by atoms with Crippen LogP contribution >= 0.6 is 47.3 Å². The molecule has 2 N–H and O–H groups in total. The van der Waals surface area contributed by atoms with Crippen molar-refractivity contribution in [3.63, 3.8) is 0 Å². The summed E-state index contributed by atoms with van der Waals surface area (Å²) >= 11 is 7.73. The molecular formula is C14H19ClIN5OS. The summed E-state index contributed by atoms with van der Waals surface area (Å²) in [6, 6.07) is 7.34. The van der Waals surface area contributed by atoms with Gasteiger partial charge in [0.15, 0.2) is 5.96 Å². The highest BCUT2D eigenvalue weighted by Crippen LogP contribution is 2.19. The maximum atomic E-state index is 5.96. The zero-order valence-corrected chi connectivity index (χ0v) is 16.8. The highest BCUT2D eigenvalue weighted by Gasteiger charge is 2.09. The number of nitrogens with one attached hydrogen (secondary N) is 2. The maximum absolute atomic E-state index is 5.96. The van der Waals surface area contributed by atoms with E-state index < -0.39 is 0 Å². The van der Waals surface area contributed by atoms with Gasteiger partial charge in [0.25, 0.3) is 0 Å². The molecule has 126 valence electrons. The van der Waals surface area contributed by atoms with E-state index in [1.165, 1.54) is 0 Å². The monoisotopic (exact) mass is 467 g/mol. The number of thioether (sulfide) groups is 1. The third kappa shape index (κ3) is 6.56. The van der Waals surface area contributed by atoms with Crippen molar-refractivity contribution in [1.82, 2.24) is 20.8 Å². The van der Waals surface area contributed by atoms with Gasteiger partial charge in [-0.1, -0.05) is 28.9 Å². The van der Waals surface area contributed by atoms with Crippen molar-refractivity contribution < 1.29 is 4.52 Å². The molecule has 0 bridgehead atoms. The number of rotatable bonds is 6. The summed E-state index contributed by atoms with van der Waals surface area (Å²) in [6.45, 7) is 1.25. The van der Waals surface area contributed by atoms with Crippen LogP contribution in [-0.2, 0) is 6.54 Å². The van der Waals surface area contributed by atoms with Crippen LogP contribution in [0.3, 0.4) is 0 Å². The number of guanidine groups is 1. The fourth-order valence-electron chi connectivity index (χ4n) is 1.72. The molecule has 0 spiro atoms. The predicted octanol–water partition coefficient (Wildman–Crippen LogP) is 3.04. The molecule has 1 aromatic carbocycles. The quantitative estimate of drug-likeness (QED) is 0.294. The molecule has 6 nitrogen and oxygen atoms in total. The SMILES string of the molecule is CN=C(NCCSC)NCc1nc(-c2cccc(Cl)c2)no1.I. The minimum atomic E-state index is 0.